The number of aromatic nitrogens is 2. The van der Waals surface area contributed by atoms with Crippen LogP contribution in [0.3, 0.4) is 0 Å². The summed E-state index contributed by atoms with van der Waals surface area (Å²) in [4.78, 5) is 32.3. The van der Waals surface area contributed by atoms with Crippen molar-refractivity contribution in [2.24, 2.45) is 20.0 Å². The van der Waals surface area contributed by atoms with Crippen molar-refractivity contribution >= 4 is 22.7 Å². The fourth-order valence-corrected chi connectivity index (χ4v) is 10.1. The molecule has 10 aromatic rings. The van der Waals surface area contributed by atoms with Crippen molar-refractivity contribution in [2.75, 3.05) is 0 Å². The Morgan fingerprint density at radius 2 is 0.688 bits per heavy atom. The van der Waals surface area contributed by atoms with Crippen LogP contribution in [0.25, 0.3) is 78.4 Å². The van der Waals surface area contributed by atoms with Gasteiger partial charge >= 0.3 is 0 Å². The molecular formula is C58H32N6. The lowest BCUT2D eigenvalue weighted by Crippen LogP contribution is -2.04. The molecule has 294 valence electrons. The van der Waals surface area contributed by atoms with Crippen LogP contribution < -0.4 is 21.4 Å². The van der Waals surface area contributed by atoms with E-state index in [1.807, 2.05) is 18.2 Å². The average molecular weight is 813 g/mol. The summed E-state index contributed by atoms with van der Waals surface area (Å²) >= 11 is 0. The maximum atomic E-state index is 5.57. The SMILES string of the molecule is c1ccc(-c2nc(-c3c(-c4ccccc4)ccc4c3-c3c5c(ccc3=N4)=c3ccccc3=N5)cc(-c3c(-c4ccccc4)ccc4c3-c3c5c(ccc3=N4)=c3ccccc3=N5)n2)cc1. The molecule has 6 heteroatoms. The molecule has 0 amide bonds. The lowest BCUT2D eigenvalue weighted by Gasteiger charge is -2.20. The van der Waals surface area contributed by atoms with Crippen molar-refractivity contribution < 1.29 is 0 Å². The van der Waals surface area contributed by atoms with Crippen LogP contribution >= 0.6 is 0 Å². The van der Waals surface area contributed by atoms with Gasteiger partial charge in [0.2, 0.25) is 0 Å². The third-order valence-electron chi connectivity index (χ3n) is 13.0. The molecule has 14 rings (SSSR count). The molecule has 0 fully saturated rings. The van der Waals surface area contributed by atoms with Gasteiger partial charge in [-0.3, -0.25) is 0 Å². The van der Waals surface area contributed by atoms with E-state index < -0.39 is 0 Å². The smallest absolute Gasteiger partial charge is 0.160 e. The van der Waals surface area contributed by atoms with Crippen molar-refractivity contribution in [1.82, 2.24) is 9.97 Å². The summed E-state index contributed by atoms with van der Waals surface area (Å²) in [5.41, 5.74) is 16.5. The van der Waals surface area contributed by atoms with E-state index in [-0.39, 0.29) is 0 Å². The van der Waals surface area contributed by atoms with Gasteiger partial charge in [0.15, 0.2) is 5.82 Å². The minimum absolute atomic E-state index is 0.623. The normalized spacial score (nSPS) is 12.6. The molecule has 4 aliphatic heterocycles. The van der Waals surface area contributed by atoms with Crippen LogP contribution in [0, 0.1) is 20.9 Å². The summed E-state index contributed by atoms with van der Waals surface area (Å²) in [5, 5.41) is 8.21. The van der Waals surface area contributed by atoms with E-state index in [1.54, 1.807) is 0 Å². The van der Waals surface area contributed by atoms with Crippen LogP contribution in [0.5, 0.6) is 0 Å². The lowest BCUT2D eigenvalue weighted by molar-refractivity contribution is 1.18. The Morgan fingerprint density at radius 1 is 0.266 bits per heavy atom. The first-order chi connectivity index (χ1) is 31.7. The first kappa shape index (κ1) is 34.9. The molecule has 4 aliphatic rings. The Kier molecular flexibility index (Phi) is 7.30. The predicted molar refractivity (Wildman–Crippen MR) is 252 cm³/mol. The molecular weight excluding hydrogens is 781 g/mol. The number of hydrogen-bond acceptors (Lipinski definition) is 6. The highest BCUT2D eigenvalue weighted by Gasteiger charge is 2.31. The maximum Gasteiger partial charge on any atom is 0.160 e. The average Bonchev–Trinajstić information content (AvgIpc) is 4.14. The van der Waals surface area contributed by atoms with Crippen molar-refractivity contribution in [3.05, 3.63) is 236 Å². The van der Waals surface area contributed by atoms with Crippen molar-refractivity contribution in [1.29, 1.82) is 0 Å². The molecule has 0 saturated carbocycles. The minimum Gasteiger partial charge on any atom is -0.248 e. The van der Waals surface area contributed by atoms with Gasteiger partial charge in [-0.2, -0.15) is 0 Å². The summed E-state index contributed by atoms with van der Waals surface area (Å²) in [6, 6.07) is 67.7. The Labute approximate surface area is 366 Å². The Bertz CT molecular complexity index is 3920. The first-order valence-corrected chi connectivity index (χ1v) is 21.5. The molecule has 0 bridgehead atoms. The molecule has 0 unspecified atom stereocenters. The van der Waals surface area contributed by atoms with Gasteiger partial charge in [-0.25, -0.2) is 29.9 Å². The van der Waals surface area contributed by atoms with Crippen molar-refractivity contribution in [3.8, 4) is 78.4 Å². The summed E-state index contributed by atoms with van der Waals surface area (Å²) in [6.45, 7) is 0. The molecule has 0 saturated heterocycles. The van der Waals surface area contributed by atoms with E-state index in [0.29, 0.717) is 5.82 Å². The minimum atomic E-state index is 0.623. The van der Waals surface area contributed by atoms with Crippen molar-refractivity contribution in [2.45, 2.75) is 0 Å². The number of hydrogen-bond donors (Lipinski definition) is 0. The summed E-state index contributed by atoms with van der Waals surface area (Å²) < 4.78 is 0. The van der Waals surface area contributed by atoms with Gasteiger partial charge in [0, 0.05) is 59.8 Å². The third-order valence-corrected chi connectivity index (χ3v) is 13.0. The van der Waals surface area contributed by atoms with E-state index >= 15 is 0 Å². The van der Waals surface area contributed by atoms with Crippen LogP contribution in [0.4, 0.5) is 22.7 Å². The molecule has 0 spiro atoms. The summed E-state index contributed by atoms with van der Waals surface area (Å²) in [6.07, 6.45) is 0. The van der Waals surface area contributed by atoms with Crippen LogP contribution in [0.2, 0.25) is 0 Å². The number of fused-ring (bicyclic) bond motifs is 12. The second-order valence-corrected chi connectivity index (χ2v) is 16.5. The van der Waals surface area contributed by atoms with Crippen LogP contribution in [-0.2, 0) is 0 Å². The molecule has 0 radical (unpaired) electrons. The second kappa shape index (κ2) is 13.4. The highest BCUT2D eigenvalue weighted by Crippen LogP contribution is 2.52. The van der Waals surface area contributed by atoms with Gasteiger partial charge in [-0.05, 0) is 76.9 Å². The predicted octanol–water partition coefficient (Wildman–Crippen LogP) is 11.8. The quantitative estimate of drug-likeness (QED) is 0.174. The molecule has 6 nitrogen and oxygen atoms in total. The molecule has 0 atom stereocenters. The zero-order valence-corrected chi connectivity index (χ0v) is 34.2. The molecule has 0 aliphatic carbocycles. The Morgan fingerprint density at radius 3 is 1.16 bits per heavy atom. The fourth-order valence-electron chi connectivity index (χ4n) is 10.1. The van der Waals surface area contributed by atoms with Crippen LogP contribution in [0.15, 0.2) is 214 Å². The van der Waals surface area contributed by atoms with Gasteiger partial charge in [0.25, 0.3) is 0 Å². The fraction of sp³-hybridized carbons (Fsp3) is 0. The van der Waals surface area contributed by atoms with E-state index in [9.17, 15) is 0 Å². The molecule has 1 aromatic heterocycles. The standard InChI is InChI=1S/C58H32N6/c1-4-14-33(15-5-1)36-24-28-44-52(54-46(59-44)30-26-40-38-20-10-12-22-42(38)61-56(40)54)50(36)48-32-49(64-58(63-48)35-18-8-3-9-19-35)51-37(34-16-6-2-7-17-34)25-29-45-53(51)55-47(60-45)31-27-41-39-21-11-13-23-43(39)62-57(41)55/h1-32H. The third kappa shape index (κ3) is 5.08. The monoisotopic (exact) mass is 812 g/mol. The van der Waals surface area contributed by atoms with Gasteiger partial charge in [-0.15, -0.1) is 0 Å². The van der Waals surface area contributed by atoms with E-state index in [4.69, 9.17) is 29.9 Å². The summed E-state index contributed by atoms with van der Waals surface area (Å²) in [7, 11) is 0. The topological polar surface area (TPSA) is 75.2 Å². The largest absolute Gasteiger partial charge is 0.248 e. The molecule has 5 heterocycles. The van der Waals surface area contributed by atoms with Crippen LogP contribution in [0.1, 0.15) is 0 Å². The number of rotatable bonds is 5. The molecule has 64 heavy (non-hydrogen) atoms. The van der Waals surface area contributed by atoms with Gasteiger partial charge in [-0.1, -0.05) is 140 Å². The molecule has 0 N–H and O–H groups in total. The number of nitrogens with zero attached hydrogens (tertiary/aromatic N) is 6. The van der Waals surface area contributed by atoms with E-state index in [0.717, 1.165) is 138 Å². The van der Waals surface area contributed by atoms with E-state index in [1.165, 1.54) is 0 Å². The Hall–Kier alpha value is -8.74. The highest BCUT2D eigenvalue weighted by atomic mass is 14.9. The number of para-hydroxylation sites is 2. The second-order valence-electron chi connectivity index (χ2n) is 16.5. The van der Waals surface area contributed by atoms with Gasteiger partial charge in [0.1, 0.15) is 0 Å². The number of benzene rings is 9. The summed E-state index contributed by atoms with van der Waals surface area (Å²) in [5.74, 6) is 0.623. The van der Waals surface area contributed by atoms with Crippen LogP contribution in [-0.4, -0.2) is 9.97 Å². The zero-order chi connectivity index (χ0) is 41.9. The van der Waals surface area contributed by atoms with Gasteiger partial charge in [0.05, 0.1) is 55.6 Å². The van der Waals surface area contributed by atoms with E-state index in [2.05, 4.69) is 176 Å². The highest BCUT2D eigenvalue weighted by molar-refractivity contribution is 6.06. The van der Waals surface area contributed by atoms with Gasteiger partial charge < -0.3 is 0 Å². The lowest BCUT2D eigenvalue weighted by atomic mass is 9.86. The first-order valence-electron chi connectivity index (χ1n) is 21.5. The molecule has 9 aromatic carbocycles. The maximum absolute atomic E-state index is 5.57. The Balaban J connectivity index is 1.12. The zero-order valence-electron chi connectivity index (χ0n) is 34.2. The van der Waals surface area contributed by atoms with Crippen molar-refractivity contribution in [3.63, 3.8) is 0 Å².